The van der Waals surface area contributed by atoms with Gasteiger partial charge in [-0.15, -0.1) is 0 Å². The van der Waals surface area contributed by atoms with Crippen LogP contribution in [-0.4, -0.2) is 34.3 Å². The standard InChI is InChI=1S/C25H35N3O4/c1-4-5-6-9-15-28-24(30)20-13-8-7-12-19(20)23(27-28)25(31)32-16-22(29)26-21-14-10-11-17(2)18(21)3/h7-8,12-13,17-18,21H,4-6,9-11,14-16H2,1-3H3,(H,26,29). The number of benzene rings is 1. The second-order valence-corrected chi connectivity index (χ2v) is 9.00. The highest BCUT2D eigenvalue weighted by Gasteiger charge is 2.28. The predicted molar refractivity (Wildman–Crippen MR) is 125 cm³/mol. The first-order chi connectivity index (χ1) is 15.4. The second kappa shape index (κ2) is 11.2. The molecule has 1 aromatic carbocycles. The Labute approximate surface area is 189 Å². The molecule has 1 heterocycles. The molecule has 1 aliphatic carbocycles. The van der Waals surface area contributed by atoms with Crippen molar-refractivity contribution < 1.29 is 14.3 Å². The number of amides is 1. The number of ether oxygens (including phenoxy) is 1. The number of aromatic nitrogens is 2. The van der Waals surface area contributed by atoms with Gasteiger partial charge in [0.2, 0.25) is 0 Å². The lowest BCUT2D eigenvalue weighted by Crippen LogP contribution is -2.45. The minimum atomic E-state index is -0.691. The molecule has 1 amide bonds. The van der Waals surface area contributed by atoms with Crippen LogP contribution < -0.4 is 10.9 Å². The lowest BCUT2D eigenvalue weighted by molar-refractivity contribution is -0.125. The van der Waals surface area contributed by atoms with Gasteiger partial charge in [-0.3, -0.25) is 9.59 Å². The van der Waals surface area contributed by atoms with Crippen molar-refractivity contribution in [2.45, 2.75) is 78.3 Å². The van der Waals surface area contributed by atoms with Crippen LogP contribution in [-0.2, 0) is 16.1 Å². The zero-order chi connectivity index (χ0) is 23.1. The van der Waals surface area contributed by atoms with E-state index in [1.54, 1.807) is 24.3 Å². The van der Waals surface area contributed by atoms with E-state index in [2.05, 4.69) is 31.2 Å². The van der Waals surface area contributed by atoms with Crippen LogP contribution in [0.1, 0.15) is 76.2 Å². The van der Waals surface area contributed by atoms with Gasteiger partial charge < -0.3 is 10.1 Å². The molecule has 2 aromatic rings. The van der Waals surface area contributed by atoms with Crippen molar-refractivity contribution in [1.82, 2.24) is 15.1 Å². The molecule has 0 aliphatic heterocycles. The highest BCUT2D eigenvalue weighted by atomic mass is 16.5. The van der Waals surface area contributed by atoms with Gasteiger partial charge in [0.1, 0.15) is 0 Å². The van der Waals surface area contributed by atoms with E-state index in [1.807, 2.05) is 0 Å². The summed E-state index contributed by atoms with van der Waals surface area (Å²) in [5.74, 6) is -0.0407. The number of carbonyl (C=O) groups is 2. The molecule has 1 saturated carbocycles. The molecule has 1 N–H and O–H groups in total. The van der Waals surface area contributed by atoms with Crippen LogP contribution in [0.15, 0.2) is 29.1 Å². The third-order valence-electron chi connectivity index (χ3n) is 6.67. The minimum Gasteiger partial charge on any atom is -0.451 e. The van der Waals surface area contributed by atoms with Crippen LogP contribution >= 0.6 is 0 Å². The monoisotopic (exact) mass is 441 g/mol. The van der Waals surface area contributed by atoms with Crippen LogP contribution in [0.25, 0.3) is 10.8 Å². The molecular formula is C25H35N3O4. The van der Waals surface area contributed by atoms with Gasteiger partial charge in [-0.05, 0) is 30.7 Å². The normalized spacial score (nSPS) is 20.8. The average Bonchev–Trinajstić information content (AvgIpc) is 2.79. The van der Waals surface area contributed by atoms with Crippen molar-refractivity contribution in [2.75, 3.05) is 6.61 Å². The number of aryl methyl sites for hydroxylation is 1. The van der Waals surface area contributed by atoms with Crippen molar-refractivity contribution in [3.05, 3.63) is 40.3 Å². The number of hydrogen-bond acceptors (Lipinski definition) is 5. The number of unbranched alkanes of at least 4 members (excludes halogenated alkanes) is 3. The van der Waals surface area contributed by atoms with Gasteiger partial charge in [0.15, 0.2) is 12.3 Å². The Bertz CT molecular complexity index is 1000. The van der Waals surface area contributed by atoms with E-state index < -0.39 is 5.97 Å². The number of nitrogens with one attached hydrogen (secondary N) is 1. The summed E-state index contributed by atoms with van der Waals surface area (Å²) in [5, 5.41) is 8.20. The zero-order valence-electron chi connectivity index (χ0n) is 19.4. The number of esters is 1. The molecule has 0 saturated heterocycles. The van der Waals surface area contributed by atoms with Gasteiger partial charge in [0.05, 0.1) is 5.39 Å². The van der Waals surface area contributed by atoms with Gasteiger partial charge in [-0.1, -0.05) is 71.1 Å². The van der Waals surface area contributed by atoms with Gasteiger partial charge in [-0.25, -0.2) is 9.48 Å². The maximum absolute atomic E-state index is 12.8. The first-order valence-electron chi connectivity index (χ1n) is 11.9. The van der Waals surface area contributed by atoms with Crippen molar-refractivity contribution >= 4 is 22.6 Å². The smallest absolute Gasteiger partial charge is 0.359 e. The maximum Gasteiger partial charge on any atom is 0.359 e. The second-order valence-electron chi connectivity index (χ2n) is 9.00. The number of nitrogens with zero attached hydrogens (tertiary/aromatic N) is 2. The Morgan fingerprint density at radius 2 is 1.88 bits per heavy atom. The summed E-state index contributed by atoms with van der Waals surface area (Å²) in [6.45, 7) is 6.57. The van der Waals surface area contributed by atoms with Gasteiger partial charge in [0, 0.05) is 18.0 Å². The number of fused-ring (bicyclic) bond motifs is 1. The molecule has 3 unspecified atom stereocenters. The molecule has 7 nitrogen and oxygen atoms in total. The molecule has 3 atom stereocenters. The molecule has 1 aliphatic rings. The average molecular weight is 442 g/mol. The molecule has 0 spiro atoms. The molecule has 32 heavy (non-hydrogen) atoms. The number of rotatable bonds is 9. The molecule has 0 bridgehead atoms. The lowest BCUT2D eigenvalue weighted by Gasteiger charge is -2.34. The fourth-order valence-corrected chi connectivity index (χ4v) is 4.46. The van der Waals surface area contributed by atoms with Crippen molar-refractivity contribution in [1.29, 1.82) is 0 Å². The first kappa shape index (κ1) is 24.0. The SMILES string of the molecule is CCCCCCn1nc(C(=O)OCC(=O)NC2CCCC(C)C2C)c2ccccc2c1=O. The van der Waals surface area contributed by atoms with E-state index in [1.165, 1.54) is 11.1 Å². The molecule has 1 aromatic heterocycles. The van der Waals surface area contributed by atoms with Gasteiger partial charge >= 0.3 is 5.97 Å². The van der Waals surface area contributed by atoms with Gasteiger partial charge in [-0.2, -0.15) is 5.10 Å². The number of carbonyl (C=O) groups excluding carboxylic acids is 2. The Morgan fingerprint density at radius 3 is 2.62 bits per heavy atom. The van der Waals surface area contributed by atoms with Crippen LogP contribution in [0.3, 0.4) is 0 Å². The van der Waals surface area contributed by atoms with Crippen molar-refractivity contribution in [2.24, 2.45) is 11.8 Å². The van der Waals surface area contributed by atoms with E-state index in [0.29, 0.717) is 29.2 Å². The van der Waals surface area contributed by atoms with Crippen LogP contribution in [0, 0.1) is 11.8 Å². The predicted octanol–water partition coefficient (Wildman–Crippen LogP) is 4.07. The Hall–Kier alpha value is -2.70. The lowest BCUT2D eigenvalue weighted by atomic mass is 9.78. The summed E-state index contributed by atoms with van der Waals surface area (Å²) >= 11 is 0. The molecule has 1 fully saturated rings. The number of hydrogen-bond donors (Lipinski definition) is 1. The summed E-state index contributed by atoms with van der Waals surface area (Å²) in [7, 11) is 0. The molecule has 174 valence electrons. The molecule has 0 radical (unpaired) electrons. The van der Waals surface area contributed by atoms with Crippen LogP contribution in [0.4, 0.5) is 0 Å². The Kier molecular flexibility index (Phi) is 8.42. The summed E-state index contributed by atoms with van der Waals surface area (Å²) < 4.78 is 6.66. The maximum atomic E-state index is 12.8. The quantitative estimate of drug-likeness (QED) is 0.468. The summed E-state index contributed by atoms with van der Waals surface area (Å²) in [6, 6.07) is 7.00. The van der Waals surface area contributed by atoms with Crippen molar-refractivity contribution in [3.63, 3.8) is 0 Å². The fraction of sp³-hybridized carbons (Fsp3) is 0.600. The van der Waals surface area contributed by atoms with E-state index in [-0.39, 0.29) is 29.8 Å². The Balaban J connectivity index is 1.70. The summed E-state index contributed by atoms with van der Waals surface area (Å²) in [5.41, 5.74) is -0.144. The third-order valence-corrected chi connectivity index (χ3v) is 6.67. The molecule has 7 heteroatoms. The third kappa shape index (κ3) is 5.75. The molecular weight excluding hydrogens is 406 g/mol. The van der Waals surface area contributed by atoms with E-state index in [0.717, 1.165) is 38.5 Å². The zero-order valence-corrected chi connectivity index (χ0v) is 19.4. The van der Waals surface area contributed by atoms with E-state index in [9.17, 15) is 14.4 Å². The topological polar surface area (TPSA) is 90.3 Å². The first-order valence-corrected chi connectivity index (χ1v) is 11.9. The van der Waals surface area contributed by atoms with E-state index >= 15 is 0 Å². The van der Waals surface area contributed by atoms with Crippen LogP contribution in [0.5, 0.6) is 0 Å². The van der Waals surface area contributed by atoms with Crippen molar-refractivity contribution in [3.8, 4) is 0 Å². The Morgan fingerprint density at radius 1 is 1.12 bits per heavy atom. The minimum absolute atomic E-state index is 0.0724. The largest absolute Gasteiger partial charge is 0.451 e. The van der Waals surface area contributed by atoms with Gasteiger partial charge in [0.25, 0.3) is 11.5 Å². The fourth-order valence-electron chi connectivity index (χ4n) is 4.46. The summed E-state index contributed by atoms with van der Waals surface area (Å²) in [6.07, 6.45) is 7.20. The highest BCUT2D eigenvalue weighted by Crippen LogP contribution is 2.29. The van der Waals surface area contributed by atoms with Crippen LogP contribution in [0.2, 0.25) is 0 Å². The molecule has 3 rings (SSSR count). The summed E-state index contributed by atoms with van der Waals surface area (Å²) in [4.78, 5) is 38.1. The van der Waals surface area contributed by atoms with E-state index in [4.69, 9.17) is 4.74 Å². The highest BCUT2D eigenvalue weighted by molar-refractivity contribution is 6.02.